The Morgan fingerprint density at radius 1 is 0.938 bits per heavy atom. The molecule has 0 saturated heterocycles. The molecule has 2 atom stereocenters. The average Bonchev–Trinajstić information content (AvgIpc) is 2.36. The van der Waals surface area contributed by atoms with Crippen molar-refractivity contribution in [1.82, 2.24) is 0 Å². The second-order valence-corrected chi connectivity index (χ2v) is 3.92. The molecule has 0 N–H and O–H groups in total. The fourth-order valence-electron chi connectivity index (χ4n) is 2.25. The zero-order valence-corrected chi connectivity index (χ0v) is 8.46. The lowest BCUT2D eigenvalue weighted by molar-refractivity contribution is -0.138. The van der Waals surface area contributed by atoms with E-state index in [-0.39, 0.29) is 5.78 Å². The molecule has 0 amide bonds. The number of nitrogens with zero attached hydrogens (tertiary/aromatic N) is 1. The molecular formula is C13H9NO2. The lowest BCUT2D eigenvalue weighted by Crippen LogP contribution is -2.40. The zero-order valence-electron chi connectivity index (χ0n) is 8.46. The Hall–Kier alpha value is -2.03. The van der Waals surface area contributed by atoms with E-state index in [0.717, 1.165) is 11.1 Å². The third-order valence-electron chi connectivity index (χ3n) is 3.02. The van der Waals surface area contributed by atoms with Crippen molar-refractivity contribution in [2.45, 2.75) is 6.04 Å². The summed E-state index contributed by atoms with van der Waals surface area (Å²) in [5, 5.41) is 0. The lowest BCUT2D eigenvalue weighted by atomic mass is 9.76. The van der Waals surface area contributed by atoms with Crippen LogP contribution in [0, 0.1) is 5.92 Å². The van der Waals surface area contributed by atoms with Crippen LogP contribution in [-0.4, -0.2) is 23.8 Å². The summed E-state index contributed by atoms with van der Waals surface area (Å²) in [6.07, 6.45) is 12.6. The van der Waals surface area contributed by atoms with Crippen LogP contribution in [0.4, 0.5) is 0 Å². The molecule has 0 aromatic heterocycles. The van der Waals surface area contributed by atoms with Crippen LogP contribution >= 0.6 is 0 Å². The van der Waals surface area contributed by atoms with Crippen molar-refractivity contribution in [3.8, 4) is 0 Å². The van der Waals surface area contributed by atoms with Crippen molar-refractivity contribution in [3.05, 3.63) is 47.6 Å². The Morgan fingerprint density at radius 3 is 2.62 bits per heavy atom. The van der Waals surface area contributed by atoms with E-state index in [1.165, 1.54) is 0 Å². The van der Waals surface area contributed by atoms with Gasteiger partial charge in [-0.05, 0) is 17.2 Å². The fraction of sp³-hybridized carbons (Fsp3) is 0.154. The Balaban J connectivity index is 2.23. The number of dihydropyridines is 1. The van der Waals surface area contributed by atoms with Gasteiger partial charge in [-0.2, -0.15) is 0 Å². The van der Waals surface area contributed by atoms with Crippen LogP contribution in [0.25, 0.3) is 0 Å². The van der Waals surface area contributed by atoms with Gasteiger partial charge in [0.05, 0.1) is 5.92 Å². The first kappa shape index (κ1) is 9.21. The van der Waals surface area contributed by atoms with Crippen LogP contribution in [0.2, 0.25) is 0 Å². The topological polar surface area (TPSA) is 46.5 Å². The first-order valence-corrected chi connectivity index (χ1v) is 5.16. The van der Waals surface area contributed by atoms with E-state index in [9.17, 15) is 9.59 Å². The van der Waals surface area contributed by atoms with Gasteiger partial charge >= 0.3 is 0 Å². The maximum atomic E-state index is 11.8. The molecule has 0 spiro atoms. The summed E-state index contributed by atoms with van der Waals surface area (Å²) >= 11 is 0. The normalized spacial score (nSPS) is 30.8. The molecule has 3 nitrogen and oxygen atoms in total. The Kier molecular flexibility index (Phi) is 1.86. The minimum Gasteiger partial charge on any atom is -0.290 e. The van der Waals surface area contributed by atoms with Crippen LogP contribution < -0.4 is 0 Å². The molecule has 1 heterocycles. The number of hydrogen-bond acceptors (Lipinski definition) is 3. The predicted molar refractivity (Wildman–Crippen MR) is 60.2 cm³/mol. The molecule has 1 aliphatic heterocycles. The Labute approximate surface area is 92.6 Å². The Morgan fingerprint density at radius 2 is 1.75 bits per heavy atom. The van der Waals surface area contributed by atoms with E-state index >= 15 is 0 Å². The van der Waals surface area contributed by atoms with Crippen molar-refractivity contribution in [3.63, 3.8) is 0 Å². The molecule has 2 unspecified atom stereocenters. The summed E-state index contributed by atoms with van der Waals surface area (Å²) in [6.45, 7) is 0. The molecule has 0 aromatic carbocycles. The fourth-order valence-corrected chi connectivity index (χ4v) is 2.25. The molecule has 0 radical (unpaired) electrons. The maximum Gasteiger partial charge on any atom is 0.228 e. The lowest BCUT2D eigenvalue weighted by Gasteiger charge is -2.28. The van der Waals surface area contributed by atoms with Gasteiger partial charge in [-0.15, -0.1) is 0 Å². The van der Waals surface area contributed by atoms with E-state index in [1.54, 1.807) is 24.4 Å². The molecule has 2 aliphatic carbocycles. The number of carbonyl (C=O) groups is 2. The minimum atomic E-state index is -0.611. The summed E-state index contributed by atoms with van der Waals surface area (Å²) in [4.78, 5) is 27.7. The number of carbonyl (C=O) groups excluding carboxylic acids is 2. The summed E-state index contributed by atoms with van der Waals surface area (Å²) in [6, 6.07) is -0.611. The zero-order chi connectivity index (χ0) is 11.1. The van der Waals surface area contributed by atoms with Gasteiger partial charge in [0, 0.05) is 6.21 Å². The van der Waals surface area contributed by atoms with E-state index in [1.807, 2.05) is 18.2 Å². The smallest absolute Gasteiger partial charge is 0.228 e. The van der Waals surface area contributed by atoms with Crippen molar-refractivity contribution < 1.29 is 9.59 Å². The second kappa shape index (κ2) is 3.23. The first-order chi connectivity index (χ1) is 7.79. The summed E-state index contributed by atoms with van der Waals surface area (Å²) in [5.74, 6) is -1.15. The van der Waals surface area contributed by atoms with Gasteiger partial charge in [0.25, 0.3) is 0 Å². The first-order valence-electron chi connectivity index (χ1n) is 5.16. The number of Topliss-reactive ketones (excluding diaryl/α,β-unsaturated/α-hetero) is 2. The quantitative estimate of drug-likeness (QED) is 0.565. The largest absolute Gasteiger partial charge is 0.290 e. The summed E-state index contributed by atoms with van der Waals surface area (Å²) in [7, 11) is 0. The highest BCUT2D eigenvalue weighted by Gasteiger charge is 2.40. The average molecular weight is 211 g/mol. The molecule has 0 aromatic rings. The van der Waals surface area contributed by atoms with Gasteiger partial charge in [-0.3, -0.25) is 14.6 Å². The molecule has 0 bridgehead atoms. The maximum absolute atomic E-state index is 11.8. The highest BCUT2D eigenvalue weighted by Crippen LogP contribution is 2.33. The minimum absolute atomic E-state index is 0.350. The number of fused-ring (bicyclic) bond motifs is 2. The van der Waals surface area contributed by atoms with Gasteiger partial charge < -0.3 is 0 Å². The van der Waals surface area contributed by atoms with Crippen molar-refractivity contribution in [1.29, 1.82) is 0 Å². The van der Waals surface area contributed by atoms with E-state index in [4.69, 9.17) is 0 Å². The second-order valence-electron chi connectivity index (χ2n) is 3.92. The molecule has 78 valence electrons. The van der Waals surface area contributed by atoms with E-state index < -0.39 is 17.7 Å². The molecule has 3 heteroatoms. The third kappa shape index (κ3) is 1.11. The molecule has 0 saturated carbocycles. The third-order valence-corrected chi connectivity index (χ3v) is 3.02. The molecule has 3 aliphatic rings. The molecule has 0 fully saturated rings. The standard InChI is InChI=1S/C13H9NO2/c15-12-10-5-2-1-4-8(10)9-6-3-7-14-11(9)13(12)16/h1-7,10-11H. The number of aliphatic imine (C=N–C) groups is 1. The van der Waals surface area contributed by atoms with Crippen molar-refractivity contribution >= 4 is 17.8 Å². The van der Waals surface area contributed by atoms with Crippen molar-refractivity contribution in [2.75, 3.05) is 0 Å². The van der Waals surface area contributed by atoms with Gasteiger partial charge in [-0.1, -0.05) is 30.4 Å². The van der Waals surface area contributed by atoms with Gasteiger partial charge in [0.2, 0.25) is 11.6 Å². The van der Waals surface area contributed by atoms with Gasteiger partial charge in [-0.25, -0.2) is 0 Å². The van der Waals surface area contributed by atoms with E-state index in [2.05, 4.69) is 4.99 Å². The van der Waals surface area contributed by atoms with Crippen LogP contribution in [0.3, 0.4) is 0 Å². The van der Waals surface area contributed by atoms with Gasteiger partial charge in [0.15, 0.2) is 0 Å². The van der Waals surface area contributed by atoms with Crippen LogP contribution in [0.5, 0.6) is 0 Å². The molecular weight excluding hydrogens is 202 g/mol. The highest BCUT2D eigenvalue weighted by molar-refractivity contribution is 6.43. The van der Waals surface area contributed by atoms with Crippen LogP contribution in [0.1, 0.15) is 0 Å². The SMILES string of the molecule is O=C1C(=O)C2N=CC=CC2=C2C=CC=CC12. The Bertz CT molecular complexity index is 484. The number of rotatable bonds is 0. The van der Waals surface area contributed by atoms with Crippen LogP contribution in [0.15, 0.2) is 52.6 Å². The van der Waals surface area contributed by atoms with E-state index in [0.29, 0.717) is 0 Å². The summed E-state index contributed by atoms with van der Waals surface area (Å²) in [5.41, 5.74) is 1.77. The number of ketones is 2. The number of allylic oxidation sites excluding steroid dienone is 6. The molecule has 3 rings (SSSR count). The van der Waals surface area contributed by atoms with Crippen LogP contribution in [-0.2, 0) is 9.59 Å². The summed E-state index contributed by atoms with van der Waals surface area (Å²) < 4.78 is 0. The predicted octanol–water partition coefficient (Wildman–Crippen LogP) is 1.19. The van der Waals surface area contributed by atoms with Crippen molar-refractivity contribution in [2.24, 2.45) is 10.9 Å². The molecule has 16 heavy (non-hydrogen) atoms. The monoisotopic (exact) mass is 211 g/mol. The number of hydrogen-bond donors (Lipinski definition) is 0. The van der Waals surface area contributed by atoms with Gasteiger partial charge in [0.1, 0.15) is 6.04 Å². The highest BCUT2D eigenvalue weighted by atomic mass is 16.2.